The van der Waals surface area contributed by atoms with Crippen LogP contribution < -0.4 is 10.1 Å². The van der Waals surface area contributed by atoms with Crippen molar-refractivity contribution < 1.29 is 27.5 Å². The van der Waals surface area contributed by atoms with E-state index in [2.05, 4.69) is 5.32 Å². The quantitative estimate of drug-likeness (QED) is 0.543. The topological polar surface area (TPSA) is 98.8 Å². The standard InChI is InChI=1S/C17H21NO6S/c1-13-3-2-4-15(9-13)23-7-6-18-16(19)11-24-17(20)10-14-5-8-25(21,22)12-14/h2-5,8-9,14H,6-7,10-12H2,1H3,(H,18,19). The van der Waals surface area contributed by atoms with Gasteiger partial charge in [-0.3, -0.25) is 9.59 Å². The Morgan fingerprint density at radius 1 is 1.32 bits per heavy atom. The van der Waals surface area contributed by atoms with Gasteiger partial charge in [-0.05, 0) is 24.6 Å². The number of ether oxygens (including phenoxy) is 2. The maximum absolute atomic E-state index is 11.6. The molecule has 0 radical (unpaired) electrons. The van der Waals surface area contributed by atoms with E-state index in [4.69, 9.17) is 9.47 Å². The van der Waals surface area contributed by atoms with Crippen molar-refractivity contribution >= 4 is 21.7 Å². The molecule has 0 aromatic heterocycles. The highest BCUT2D eigenvalue weighted by Gasteiger charge is 2.24. The second kappa shape index (κ2) is 8.66. The first-order chi connectivity index (χ1) is 11.8. The van der Waals surface area contributed by atoms with Gasteiger partial charge < -0.3 is 14.8 Å². The maximum Gasteiger partial charge on any atom is 0.306 e. The van der Waals surface area contributed by atoms with Crippen molar-refractivity contribution in [3.05, 3.63) is 41.3 Å². The van der Waals surface area contributed by atoms with Gasteiger partial charge in [0.05, 0.1) is 18.7 Å². The van der Waals surface area contributed by atoms with E-state index in [1.165, 1.54) is 6.08 Å². The van der Waals surface area contributed by atoms with Crippen molar-refractivity contribution in [2.75, 3.05) is 25.5 Å². The molecular weight excluding hydrogens is 346 g/mol. The smallest absolute Gasteiger partial charge is 0.306 e. The SMILES string of the molecule is Cc1cccc(OCCNC(=O)COC(=O)CC2C=CS(=O)(=O)C2)c1. The molecule has 0 saturated heterocycles. The van der Waals surface area contributed by atoms with Crippen LogP contribution in [0.5, 0.6) is 5.75 Å². The predicted molar refractivity (Wildman–Crippen MR) is 91.7 cm³/mol. The van der Waals surface area contributed by atoms with E-state index < -0.39 is 28.3 Å². The minimum absolute atomic E-state index is 0.0561. The summed E-state index contributed by atoms with van der Waals surface area (Å²) in [5.74, 6) is -0.790. The lowest BCUT2D eigenvalue weighted by Crippen LogP contribution is -2.32. The Bertz CT molecular complexity index is 756. The fourth-order valence-corrected chi connectivity index (χ4v) is 3.70. The molecule has 1 aromatic carbocycles. The van der Waals surface area contributed by atoms with E-state index in [1.807, 2.05) is 31.2 Å². The van der Waals surface area contributed by atoms with Gasteiger partial charge in [0.15, 0.2) is 16.4 Å². The summed E-state index contributed by atoms with van der Waals surface area (Å²) in [4.78, 5) is 23.2. The zero-order valence-electron chi connectivity index (χ0n) is 13.9. The fraction of sp³-hybridized carbons (Fsp3) is 0.412. The summed E-state index contributed by atoms with van der Waals surface area (Å²) in [5, 5.41) is 3.68. The van der Waals surface area contributed by atoms with Gasteiger partial charge >= 0.3 is 5.97 Å². The van der Waals surface area contributed by atoms with E-state index in [0.717, 1.165) is 16.7 Å². The van der Waals surface area contributed by atoms with Gasteiger partial charge in [-0.25, -0.2) is 8.42 Å². The molecule has 0 bridgehead atoms. The van der Waals surface area contributed by atoms with E-state index in [1.54, 1.807) is 0 Å². The second-order valence-corrected chi connectivity index (χ2v) is 7.73. The number of hydrogen-bond donors (Lipinski definition) is 1. The molecule has 0 aliphatic carbocycles. The van der Waals surface area contributed by atoms with Crippen LogP contribution in [-0.4, -0.2) is 45.8 Å². The first-order valence-corrected chi connectivity index (χ1v) is 9.58. The van der Waals surface area contributed by atoms with Gasteiger partial charge in [0.25, 0.3) is 5.91 Å². The number of rotatable bonds is 8. The number of nitrogens with one attached hydrogen (secondary N) is 1. The van der Waals surface area contributed by atoms with E-state index >= 15 is 0 Å². The Hall–Kier alpha value is -2.35. The van der Waals surface area contributed by atoms with Crippen LogP contribution in [0.2, 0.25) is 0 Å². The lowest BCUT2D eigenvalue weighted by atomic mass is 10.1. The summed E-state index contributed by atoms with van der Waals surface area (Å²) in [5.41, 5.74) is 1.08. The van der Waals surface area contributed by atoms with Crippen molar-refractivity contribution in [1.82, 2.24) is 5.32 Å². The zero-order chi connectivity index (χ0) is 18.3. The molecule has 1 atom stereocenters. The van der Waals surface area contributed by atoms with E-state index in [-0.39, 0.29) is 24.6 Å². The second-order valence-electron chi connectivity index (χ2n) is 5.80. The van der Waals surface area contributed by atoms with Crippen molar-refractivity contribution in [2.24, 2.45) is 5.92 Å². The molecule has 2 rings (SSSR count). The van der Waals surface area contributed by atoms with Gasteiger partial charge in [0.2, 0.25) is 0 Å². The monoisotopic (exact) mass is 367 g/mol. The van der Waals surface area contributed by atoms with Gasteiger partial charge in [0, 0.05) is 11.3 Å². The number of hydrogen-bond acceptors (Lipinski definition) is 6. The number of carbonyl (C=O) groups is 2. The Balaban J connectivity index is 1.57. The molecule has 1 aromatic rings. The summed E-state index contributed by atoms with van der Waals surface area (Å²) in [6, 6.07) is 7.56. The molecule has 0 fully saturated rings. The number of amides is 1. The molecule has 25 heavy (non-hydrogen) atoms. The Kier molecular flexibility index (Phi) is 6.58. The van der Waals surface area contributed by atoms with Crippen LogP contribution in [0.1, 0.15) is 12.0 Å². The van der Waals surface area contributed by atoms with Crippen molar-refractivity contribution in [2.45, 2.75) is 13.3 Å². The summed E-state index contributed by atoms with van der Waals surface area (Å²) < 4.78 is 32.8. The normalized spacial score (nSPS) is 17.9. The summed E-state index contributed by atoms with van der Waals surface area (Å²) >= 11 is 0. The number of benzene rings is 1. The van der Waals surface area contributed by atoms with Gasteiger partial charge in [-0.1, -0.05) is 18.2 Å². The fourth-order valence-electron chi connectivity index (χ4n) is 2.30. The van der Waals surface area contributed by atoms with Crippen LogP contribution in [0.15, 0.2) is 35.7 Å². The minimum Gasteiger partial charge on any atom is -0.492 e. The molecule has 1 N–H and O–H groups in total. The number of carbonyl (C=O) groups excluding carboxylic acids is 2. The van der Waals surface area contributed by atoms with Crippen LogP contribution in [0.25, 0.3) is 0 Å². The van der Waals surface area contributed by atoms with Crippen molar-refractivity contribution in [1.29, 1.82) is 0 Å². The number of esters is 1. The summed E-state index contributed by atoms with van der Waals surface area (Å²) in [6.07, 6.45) is 1.42. The highest BCUT2D eigenvalue weighted by molar-refractivity contribution is 7.94. The van der Waals surface area contributed by atoms with Crippen molar-refractivity contribution in [3.63, 3.8) is 0 Å². The average molecular weight is 367 g/mol. The predicted octanol–water partition coefficient (Wildman–Crippen LogP) is 0.982. The lowest BCUT2D eigenvalue weighted by molar-refractivity contribution is -0.149. The molecule has 1 heterocycles. The summed E-state index contributed by atoms with van der Waals surface area (Å²) in [7, 11) is -3.19. The minimum atomic E-state index is -3.19. The molecule has 1 aliphatic heterocycles. The first kappa shape index (κ1) is 19.0. The molecule has 0 spiro atoms. The Morgan fingerprint density at radius 2 is 2.12 bits per heavy atom. The third-order valence-corrected chi connectivity index (χ3v) is 4.94. The third kappa shape index (κ3) is 6.96. The molecular formula is C17H21NO6S. The van der Waals surface area contributed by atoms with Crippen LogP contribution in [-0.2, 0) is 24.2 Å². The molecule has 8 heteroatoms. The van der Waals surface area contributed by atoms with Gasteiger partial charge in [0.1, 0.15) is 12.4 Å². The molecule has 0 saturated carbocycles. The van der Waals surface area contributed by atoms with Crippen LogP contribution in [0.3, 0.4) is 0 Å². The Morgan fingerprint density at radius 3 is 2.80 bits per heavy atom. The van der Waals surface area contributed by atoms with Crippen LogP contribution >= 0.6 is 0 Å². The molecule has 1 unspecified atom stereocenters. The van der Waals surface area contributed by atoms with Crippen molar-refractivity contribution in [3.8, 4) is 5.75 Å². The molecule has 1 amide bonds. The molecule has 7 nitrogen and oxygen atoms in total. The number of allylic oxidation sites excluding steroid dienone is 1. The van der Waals surface area contributed by atoms with E-state index in [9.17, 15) is 18.0 Å². The zero-order valence-corrected chi connectivity index (χ0v) is 14.8. The third-order valence-electron chi connectivity index (χ3n) is 3.48. The highest BCUT2D eigenvalue weighted by atomic mass is 32.2. The van der Waals surface area contributed by atoms with Gasteiger partial charge in [-0.15, -0.1) is 0 Å². The number of aryl methyl sites for hydroxylation is 1. The molecule has 136 valence electrons. The largest absolute Gasteiger partial charge is 0.492 e. The lowest BCUT2D eigenvalue weighted by Gasteiger charge is -2.09. The van der Waals surface area contributed by atoms with Gasteiger partial charge in [-0.2, -0.15) is 0 Å². The average Bonchev–Trinajstić information content (AvgIpc) is 2.88. The summed E-state index contributed by atoms with van der Waals surface area (Å²) in [6.45, 7) is 2.15. The molecule has 1 aliphatic rings. The van der Waals surface area contributed by atoms with E-state index in [0.29, 0.717) is 6.61 Å². The Labute approximate surface area is 146 Å². The van der Waals surface area contributed by atoms with Crippen LogP contribution in [0, 0.1) is 12.8 Å². The maximum atomic E-state index is 11.6. The first-order valence-electron chi connectivity index (χ1n) is 7.87. The number of sulfone groups is 1. The highest BCUT2D eigenvalue weighted by Crippen LogP contribution is 2.18. The van der Waals surface area contributed by atoms with Crippen LogP contribution in [0.4, 0.5) is 0 Å².